The minimum absolute atomic E-state index is 0.0113. The molecule has 2 N–H and O–H groups in total. The molecule has 2 atom stereocenters. The first-order valence-electron chi connectivity index (χ1n) is 6.85. The predicted octanol–water partition coefficient (Wildman–Crippen LogP) is 1.60. The Bertz CT molecular complexity index is 444. The summed E-state index contributed by atoms with van der Waals surface area (Å²) in [5.74, 6) is 0.0113. The lowest BCUT2D eigenvalue weighted by molar-refractivity contribution is -0.122. The van der Waals surface area contributed by atoms with Gasteiger partial charge >= 0.3 is 0 Å². The van der Waals surface area contributed by atoms with E-state index in [0.717, 1.165) is 30.5 Å². The molecule has 0 bridgehead atoms. The van der Waals surface area contributed by atoms with Gasteiger partial charge in [0, 0.05) is 23.3 Å². The third-order valence-corrected chi connectivity index (χ3v) is 4.12. The number of aryl methyl sites for hydroxylation is 1. The van der Waals surface area contributed by atoms with E-state index < -0.39 is 0 Å². The molecule has 4 nitrogen and oxygen atoms in total. The van der Waals surface area contributed by atoms with Crippen molar-refractivity contribution < 1.29 is 9.90 Å². The quantitative estimate of drug-likeness (QED) is 0.866. The highest BCUT2D eigenvalue weighted by molar-refractivity contribution is 5.78. The van der Waals surface area contributed by atoms with Crippen molar-refractivity contribution in [3.63, 3.8) is 0 Å². The van der Waals surface area contributed by atoms with Gasteiger partial charge in [0.25, 0.3) is 0 Å². The first-order chi connectivity index (χ1) is 9.03. The van der Waals surface area contributed by atoms with Crippen molar-refractivity contribution in [2.24, 2.45) is 5.41 Å². The van der Waals surface area contributed by atoms with Gasteiger partial charge in [-0.1, -0.05) is 19.4 Å². The molecular weight excluding hydrogens is 240 g/mol. The third kappa shape index (κ3) is 3.32. The van der Waals surface area contributed by atoms with Crippen LogP contribution in [0.4, 0.5) is 0 Å². The summed E-state index contributed by atoms with van der Waals surface area (Å²) in [6.07, 6.45) is 5.09. The standard InChI is InChI=1S/C15H22N2O2/c1-11-5-6-12(9-16-11)8-14(19)17-13-4-3-7-15(13,2)10-18/h5-6,9,13,18H,3-4,7-8,10H2,1-2H3,(H,17,19). The van der Waals surface area contributed by atoms with Gasteiger partial charge < -0.3 is 10.4 Å². The molecule has 1 heterocycles. The molecule has 1 saturated carbocycles. The molecule has 2 unspecified atom stereocenters. The summed E-state index contributed by atoms with van der Waals surface area (Å²) in [6.45, 7) is 4.09. The van der Waals surface area contributed by atoms with Crippen molar-refractivity contribution in [1.82, 2.24) is 10.3 Å². The third-order valence-electron chi connectivity index (χ3n) is 4.12. The minimum Gasteiger partial charge on any atom is -0.396 e. The summed E-state index contributed by atoms with van der Waals surface area (Å²) in [5, 5.41) is 12.5. The number of nitrogens with one attached hydrogen (secondary N) is 1. The Morgan fingerprint density at radius 2 is 2.37 bits per heavy atom. The second-order valence-corrected chi connectivity index (χ2v) is 5.81. The van der Waals surface area contributed by atoms with E-state index in [2.05, 4.69) is 10.3 Å². The van der Waals surface area contributed by atoms with E-state index in [9.17, 15) is 9.90 Å². The molecule has 0 spiro atoms. The van der Waals surface area contributed by atoms with Gasteiger partial charge in [0.15, 0.2) is 0 Å². The summed E-state index contributed by atoms with van der Waals surface area (Å²) in [4.78, 5) is 16.2. The number of amides is 1. The zero-order valence-corrected chi connectivity index (χ0v) is 11.6. The summed E-state index contributed by atoms with van der Waals surface area (Å²) in [7, 11) is 0. The van der Waals surface area contributed by atoms with E-state index in [-0.39, 0.29) is 24.0 Å². The molecule has 2 rings (SSSR count). The lowest BCUT2D eigenvalue weighted by Gasteiger charge is -2.30. The van der Waals surface area contributed by atoms with Crippen LogP contribution in [0.3, 0.4) is 0 Å². The monoisotopic (exact) mass is 262 g/mol. The fourth-order valence-corrected chi connectivity index (χ4v) is 2.70. The van der Waals surface area contributed by atoms with Crippen LogP contribution in [-0.2, 0) is 11.2 Å². The van der Waals surface area contributed by atoms with E-state index in [1.54, 1.807) is 6.20 Å². The maximum atomic E-state index is 12.0. The van der Waals surface area contributed by atoms with Crippen molar-refractivity contribution in [2.45, 2.75) is 45.6 Å². The van der Waals surface area contributed by atoms with Crippen molar-refractivity contribution in [3.05, 3.63) is 29.6 Å². The van der Waals surface area contributed by atoms with Crippen LogP contribution in [0.1, 0.15) is 37.4 Å². The van der Waals surface area contributed by atoms with Gasteiger partial charge in [-0.25, -0.2) is 0 Å². The first-order valence-corrected chi connectivity index (χ1v) is 6.85. The second-order valence-electron chi connectivity index (χ2n) is 5.81. The van der Waals surface area contributed by atoms with Crippen molar-refractivity contribution in [3.8, 4) is 0 Å². The lowest BCUT2D eigenvalue weighted by Crippen LogP contribution is -2.45. The summed E-state index contributed by atoms with van der Waals surface area (Å²) < 4.78 is 0. The molecule has 1 aliphatic rings. The first kappa shape index (κ1) is 14.0. The van der Waals surface area contributed by atoms with Crippen molar-refractivity contribution >= 4 is 5.91 Å². The van der Waals surface area contributed by atoms with E-state index in [1.165, 1.54) is 0 Å². The van der Waals surface area contributed by atoms with Gasteiger partial charge in [-0.05, 0) is 31.4 Å². The second kappa shape index (κ2) is 5.70. The number of hydrogen-bond acceptors (Lipinski definition) is 3. The lowest BCUT2D eigenvalue weighted by atomic mass is 9.85. The summed E-state index contributed by atoms with van der Waals surface area (Å²) in [6, 6.07) is 3.93. The predicted molar refractivity (Wildman–Crippen MR) is 73.7 cm³/mol. The van der Waals surface area contributed by atoms with Crippen LogP contribution in [-0.4, -0.2) is 28.6 Å². The maximum Gasteiger partial charge on any atom is 0.224 e. The molecule has 4 heteroatoms. The molecule has 0 aliphatic heterocycles. The molecule has 1 aliphatic carbocycles. The molecule has 19 heavy (non-hydrogen) atoms. The topological polar surface area (TPSA) is 62.2 Å². The molecule has 1 aromatic heterocycles. The Labute approximate surface area is 114 Å². The minimum atomic E-state index is -0.165. The molecule has 0 radical (unpaired) electrons. The zero-order chi connectivity index (χ0) is 13.9. The van der Waals surface area contributed by atoms with Gasteiger partial charge in [-0.2, -0.15) is 0 Å². The number of pyridine rings is 1. The van der Waals surface area contributed by atoms with Gasteiger partial charge in [-0.15, -0.1) is 0 Å². The number of carbonyl (C=O) groups is 1. The summed E-state index contributed by atoms with van der Waals surface area (Å²) >= 11 is 0. The molecular formula is C15H22N2O2. The molecule has 1 amide bonds. The van der Waals surface area contributed by atoms with E-state index in [0.29, 0.717) is 6.42 Å². The van der Waals surface area contributed by atoms with Gasteiger partial charge in [0.2, 0.25) is 5.91 Å². The number of carbonyl (C=O) groups excluding carboxylic acids is 1. The maximum absolute atomic E-state index is 12.0. The van der Waals surface area contributed by atoms with Crippen molar-refractivity contribution in [2.75, 3.05) is 6.61 Å². The van der Waals surface area contributed by atoms with Gasteiger partial charge in [0.05, 0.1) is 13.0 Å². The molecule has 104 valence electrons. The van der Waals surface area contributed by atoms with Gasteiger partial charge in [0.1, 0.15) is 0 Å². The Kier molecular flexibility index (Phi) is 4.20. The highest BCUT2D eigenvalue weighted by Crippen LogP contribution is 2.37. The normalized spacial score (nSPS) is 26.4. The van der Waals surface area contributed by atoms with Crippen LogP contribution in [0.2, 0.25) is 0 Å². The zero-order valence-electron chi connectivity index (χ0n) is 11.6. The Hall–Kier alpha value is -1.42. The SMILES string of the molecule is Cc1ccc(CC(=O)NC2CCCC2(C)CO)cn1. The van der Waals surface area contributed by atoms with E-state index >= 15 is 0 Å². The van der Waals surface area contributed by atoms with E-state index in [1.807, 2.05) is 26.0 Å². The fourth-order valence-electron chi connectivity index (χ4n) is 2.70. The molecule has 0 saturated heterocycles. The highest BCUT2D eigenvalue weighted by atomic mass is 16.3. The Morgan fingerprint density at radius 1 is 1.58 bits per heavy atom. The average Bonchev–Trinajstić information content (AvgIpc) is 2.74. The van der Waals surface area contributed by atoms with Crippen LogP contribution in [0, 0.1) is 12.3 Å². The van der Waals surface area contributed by atoms with Crippen LogP contribution in [0.5, 0.6) is 0 Å². The smallest absolute Gasteiger partial charge is 0.224 e. The van der Waals surface area contributed by atoms with Crippen molar-refractivity contribution in [1.29, 1.82) is 0 Å². The number of aliphatic hydroxyl groups is 1. The number of aromatic nitrogens is 1. The van der Waals surface area contributed by atoms with Crippen LogP contribution >= 0.6 is 0 Å². The average molecular weight is 262 g/mol. The highest BCUT2D eigenvalue weighted by Gasteiger charge is 2.38. The number of aliphatic hydroxyl groups excluding tert-OH is 1. The molecule has 1 fully saturated rings. The van der Waals surface area contributed by atoms with Crippen LogP contribution in [0.15, 0.2) is 18.3 Å². The molecule has 1 aromatic rings. The summed E-state index contributed by atoms with van der Waals surface area (Å²) in [5.41, 5.74) is 1.71. The van der Waals surface area contributed by atoms with Crippen LogP contribution < -0.4 is 5.32 Å². The number of hydrogen-bond donors (Lipinski definition) is 2. The van der Waals surface area contributed by atoms with E-state index in [4.69, 9.17) is 0 Å². The Morgan fingerprint density at radius 3 is 3.00 bits per heavy atom. The number of nitrogens with zero attached hydrogens (tertiary/aromatic N) is 1. The largest absolute Gasteiger partial charge is 0.396 e. The van der Waals surface area contributed by atoms with Gasteiger partial charge in [-0.3, -0.25) is 9.78 Å². The number of rotatable bonds is 4. The fraction of sp³-hybridized carbons (Fsp3) is 0.600. The Balaban J connectivity index is 1.92. The van der Waals surface area contributed by atoms with Crippen LogP contribution in [0.25, 0.3) is 0 Å². The molecule has 0 aromatic carbocycles.